The van der Waals surface area contributed by atoms with E-state index in [9.17, 15) is 9.59 Å². The highest BCUT2D eigenvalue weighted by Crippen LogP contribution is 2.32. The molecular weight excluding hydrogens is 278 g/mol. The van der Waals surface area contributed by atoms with Crippen molar-refractivity contribution in [3.8, 4) is 0 Å². The SMILES string of the molecule is O=C(O)/C=C/c1cccc2c1CCN2C(=O)c1ccccc1. The minimum Gasteiger partial charge on any atom is -0.478 e. The molecule has 110 valence electrons. The molecule has 2 aromatic rings. The summed E-state index contributed by atoms with van der Waals surface area (Å²) in [4.78, 5) is 25.0. The zero-order valence-corrected chi connectivity index (χ0v) is 11.9. The average molecular weight is 293 g/mol. The molecule has 0 radical (unpaired) electrons. The van der Waals surface area contributed by atoms with Crippen LogP contribution in [0.15, 0.2) is 54.6 Å². The molecule has 1 heterocycles. The smallest absolute Gasteiger partial charge is 0.328 e. The summed E-state index contributed by atoms with van der Waals surface area (Å²) in [5.74, 6) is -1.01. The van der Waals surface area contributed by atoms with Gasteiger partial charge in [0, 0.05) is 23.9 Å². The number of fused-ring (bicyclic) bond motifs is 1. The van der Waals surface area contributed by atoms with Gasteiger partial charge in [0.1, 0.15) is 0 Å². The van der Waals surface area contributed by atoms with Crippen LogP contribution < -0.4 is 4.90 Å². The van der Waals surface area contributed by atoms with Gasteiger partial charge in [-0.05, 0) is 41.8 Å². The van der Waals surface area contributed by atoms with Gasteiger partial charge in [0.05, 0.1) is 0 Å². The number of carboxylic acids is 1. The van der Waals surface area contributed by atoms with E-state index < -0.39 is 5.97 Å². The van der Waals surface area contributed by atoms with Crippen LogP contribution >= 0.6 is 0 Å². The summed E-state index contributed by atoms with van der Waals surface area (Å²) in [6.07, 6.45) is 3.43. The van der Waals surface area contributed by atoms with Crippen molar-refractivity contribution < 1.29 is 14.7 Å². The summed E-state index contributed by atoms with van der Waals surface area (Å²) >= 11 is 0. The fourth-order valence-electron chi connectivity index (χ4n) is 2.73. The number of carbonyl (C=O) groups excluding carboxylic acids is 1. The van der Waals surface area contributed by atoms with Gasteiger partial charge >= 0.3 is 5.97 Å². The minimum absolute atomic E-state index is 0.0290. The third kappa shape index (κ3) is 2.63. The van der Waals surface area contributed by atoms with E-state index in [1.165, 1.54) is 0 Å². The minimum atomic E-state index is -0.979. The lowest BCUT2D eigenvalue weighted by atomic mass is 10.0. The van der Waals surface area contributed by atoms with E-state index in [1.807, 2.05) is 36.4 Å². The van der Waals surface area contributed by atoms with Crippen molar-refractivity contribution in [2.75, 3.05) is 11.4 Å². The monoisotopic (exact) mass is 293 g/mol. The Morgan fingerprint density at radius 3 is 2.55 bits per heavy atom. The van der Waals surface area contributed by atoms with Crippen LogP contribution in [0.5, 0.6) is 0 Å². The van der Waals surface area contributed by atoms with E-state index in [0.717, 1.165) is 29.3 Å². The molecule has 3 rings (SSSR count). The molecule has 22 heavy (non-hydrogen) atoms. The van der Waals surface area contributed by atoms with Gasteiger partial charge < -0.3 is 10.0 Å². The van der Waals surface area contributed by atoms with E-state index in [2.05, 4.69) is 0 Å². The average Bonchev–Trinajstić information content (AvgIpc) is 2.97. The normalized spacial score (nSPS) is 13.4. The van der Waals surface area contributed by atoms with Crippen LogP contribution in [0.25, 0.3) is 6.08 Å². The third-order valence-corrected chi connectivity index (χ3v) is 3.74. The van der Waals surface area contributed by atoms with Crippen LogP contribution in [0.1, 0.15) is 21.5 Å². The van der Waals surface area contributed by atoms with Crippen molar-refractivity contribution in [3.63, 3.8) is 0 Å². The van der Waals surface area contributed by atoms with Gasteiger partial charge in [-0.25, -0.2) is 4.79 Å². The summed E-state index contributed by atoms with van der Waals surface area (Å²) in [6.45, 7) is 0.612. The maximum Gasteiger partial charge on any atom is 0.328 e. The second-order valence-electron chi connectivity index (χ2n) is 5.09. The number of hydrogen-bond donors (Lipinski definition) is 1. The third-order valence-electron chi connectivity index (χ3n) is 3.74. The van der Waals surface area contributed by atoms with Crippen molar-refractivity contribution in [2.45, 2.75) is 6.42 Å². The van der Waals surface area contributed by atoms with Gasteiger partial charge in [0.15, 0.2) is 0 Å². The number of amides is 1. The fraction of sp³-hybridized carbons (Fsp3) is 0.111. The summed E-state index contributed by atoms with van der Waals surface area (Å²) in [5.41, 5.74) is 3.38. The van der Waals surface area contributed by atoms with Crippen molar-refractivity contribution in [1.29, 1.82) is 0 Å². The number of benzene rings is 2. The first-order valence-electron chi connectivity index (χ1n) is 7.06. The highest BCUT2D eigenvalue weighted by Gasteiger charge is 2.26. The Labute approximate surface area is 128 Å². The van der Waals surface area contributed by atoms with Crippen molar-refractivity contribution >= 4 is 23.6 Å². The molecule has 0 saturated carbocycles. The molecule has 4 heteroatoms. The zero-order chi connectivity index (χ0) is 15.5. The molecule has 0 spiro atoms. The van der Waals surface area contributed by atoms with E-state index in [1.54, 1.807) is 23.1 Å². The van der Waals surface area contributed by atoms with E-state index in [4.69, 9.17) is 5.11 Å². The van der Waals surface area contributed by atoms with Gasteiger partial charge in [-0.3, -0.25) is 4.79 Å². The Kier molecular flexibility index (Phi) is 3.74. The predicted molar refractivity (Wildman–Crippen MR) is 84.9 cm³/mol. The quantitative estimate of drug-likeness (QED) is 0.885. The molecule has 1 N–H and O–H groups in total. The van der Waals surface area contributed by atoms with Gasteiger partial charge in [-0.2, -0.15) is 0 Å². The molecule has 1 aliphatic heterocycles. The first-order chi connectivity index (χ1) is 10.7. The Hall–Kier alpha value is -2.88. The van der Waals surface area contributed by atoms with Crippen LogP contribution in [-0.2, 0) is 11.2 Å². The summed E-state index contributed by atoms with van der Waals surface area (Å²) in [6, 6.07) is 14.8. The Balaban J connectivity index is 1.94. The highest BCUT2D eigenvalue weighted by molar-refractivity contribution is 6.07. The largest absolute Gasteiger partial charge is 0.478 e. The fourth-order valence-corrected chi connectivity index (χ4v) is 2.73. The van der Waals surface area contributed by atoms with Crippen LogP contribution in [0.3, 0.4) is 0 Å². The van der Waals surface area contributed by atoms with Crippen molar-refractivity contribution in [1.82, 2.24) is 0 Å². The van der Waals surface area contributed by atoms with Gasteiger partial charge in [0.25, 0.3) is 5.91 Å². The first-order valence-corrected chi connectivity index (χ1v) is 7.06. The van der Waals surface area contributed by atoms with Crippen LogP contribution in [-0.4, -0.2) is 23.5 Å². The van der Waals surface area contributed by atoms with Gasteiger partial charge in [0.2, 0.25) is 0 Å². The van der Waals surface area contributed by atoms with E-state index in [-0.39, 0.29) is 5.91 Å². The molecule has 1 amide bonds. The zero-order valence-electron chi connectivity index (χ0n) is 11.9. The standard InChI is InChI=1S/C18H15NO3/c20-17(21)10-9-13-7-4-8-16-15(13)11-12-19(16)18(22)14-5-2-1-3-6-14/h1-10H,11-12H2,(H,20,21)/b10-9+. The maximum absolute atomic E-state index is 12.6. The molecule has 0 aromatic heterocycles. The van der Waals surface area contributed by atoms with E-state index in [0.29, 0.717) is 12.1 Å². The number of hydrogen-bond acceptors (Lipinski definition) is 2. The van der Waals surface area contributed by atoms with Crippen molar-refractivity contribution in [2.24, 2.45) is 0 Å². The van der Waals surface area contributed by atoms with E-state index >= 15 is 0 Å². The number of aliphatic carboxylic acids is 1. The number of anilines is 1. The second-order valence-corrected chi connectivity index (χ2v) is 5.09. The Morgan fingerprint density at radius 2 is 1.82 bits per heavy atom. The molecule has 4 nitrogen and oxygen atoms in total. The molecule has 2 aromatic carbocycles. The predicted octanol–water partition coefficient (Wildman–Crippen LogP) is 2.99. The molecule has 1 aliphatic rings. The first kappa shape index (κ1) is 14.1. The Bertz CT molecular complexity index is 750. The topological polar surface area (TPSA) is 57.6 Å². The van der Waals surface area contributed by atoms with Crippen LogP contribution in [0, 0.1) is 0 Å². The van der Waals surface area contributed by atoms with Crippen LogP contribution in [0.4, 0.5) is 5.69 Å². The molecule has 0 aliphatic carbocycles. The molecule has 0 fully saturated rings. The van der Waals surface area contributed by atoms with Crippen molar-refractivity contribution in [3.05, 3.63) is 71.3 Å². The molecule has 0 bridgehead atoms. The summed E-state index contributed by atoms with van der Waals surface area (Å²) in [5, 5.41) is 8.76. The molecular formula is C18H15NO3. The number of rotatable bonds is 3. The molecule has 0 saturated heterocycles. The lowest BCUT2D eigenvalue weighted by Crippen LogP contribution is -2.28. The lowest BCUT2D eigenvalue weighted by Gasteiger charge is -2.17. The van der Waals surface area contributed by atoms with Crippen LogP contribution in [0.2, 0.25) is 0 Å². The summed E-state index contributed by atoms with van der Waals surface area (Å²) < 4.78 is 0. The molecule has 0 unspecified atom stereocenters. The maximum atomic E-state index is 12.6. The number of carbonyl (C=O) groups is 2. The number of carboxylic acid groups (broad SMARTS) is 1. The Morgan fingerprint density at radius 1 is 1.05 bits per heavy atom. The number of nitrogens with zero attached hydrogens (tertiary/aromatic N) is 1. The van der Waals surface area contributed by atoms with Gasteiger partial charge in [-0.15, -0.1) is 0 Å². The lowest BCUT2D eigenvalue weighted by molar-refractivity contribution is -0.131. The highest BCUT2D eigenvalue weighted by atomic mass is 16.4. The second kappa shape index (κ2) is 5.85. The van der Waals surface area contributed by atoms with Gasteiger partial charge in [-0.1, -0.05) is 30.3 Å². The molecule has 0 atom stereocenters. The summed E-state index contributed by atoms with van der Waals surface area (Å²) in [7, 11) is 0.